The van der Waals surface area contributed by atoms with Gasteiger partial charge in [-0.05, 0) is 49.6 Å². The van der Waals surface area contributed by atoms with Crippen molar-refractivity contribution in [3.05, 3.63) is 53.9 Å². The van der Waals surface area contributed by atoms with Crippen molar-refractivity contribution in [2.45, 2.75) is 38.9 Å². The molecule has 1 aliphatic rings. The number of alkyl halides is 3. The van der Waals surface area contributed by atoms with E-state index < -0.39 is 17.7 Å². The number of aromatic nitrogens is 2. The van der Waals surface area contributed by atoms with Crippen LogP contribution in [0, 0.1) is 0 Å². The average Bonchev–Trinajstić information content (AvgIpc) is 3.46. The van der Waals surface area contributed by atoms with Gasteiger partial charge in [0.25, 0.3) is 0 Å². The fourth-order valence-electron chi connectivity index (χ4n) is 3.99. The van der Waals surface area contributed by atoms with Gasteiger partial charge in [-0.1, -0.05) is 19.6 Å². The Morgan fingerprint density at radius 1 is 1.24 bits per heavy atom. The zero-order chi connectivity index (χ0) is 24.0. The zero-order valence-electron chi connectivity index (χ0n) is 18.7. The van der Waals surface area contributed by atoms with Crippen LogP contribution in [0.25, 0.3) is 5.82 Å². The SMILES string of the molecule is C=C(NCCN(CCC)Cc1ccc(N2CCCC2)cc1C(F)(F)F)n1ccc(C(=O)O)n1. The minimum atomic E-state index is -4.42. The summed E-state index contributed by atoms with van der Waals surface area (Å²) in [6, 6.07) is 6.03. The second kappa shape index (κ2) is 10.7. The number of hydrogen-bond donors (Lipinski definition) is 2. The van der Waals surface area contributed by atoms with E-state index in [4.69, 9.17) is 5.11 Å². The largest absolute Gasteiger partial charge is 0.476 e. The van der Waals surface area contributed by atoms with Gasteiger partial charge in [-0.25, -0.2) is 9.48 Å². The van der Waals surface area contributed by atoms with Crippen LogP contribution >= 0.6 is 0 Å². The number of carboxylic acid groups (broad SMARTS) is 1. The van der Waals surface area contributed by atoms with Crippen LogP contribution in [0.3, 0.4) is 0 Å². The molecule has 10 heteroatoms. The number of hydrogen-bond acceptors (Lipinski definition) is 5. The lowest BCUT2D eigenvalue weighted by Crippen LogP contribution is -2.33. The van der Waals surface area contributed by atoms with E-state index in [0.717, 1.165) is 32.4 Å². The van der Waals surface area contributed by atoms with Crippen LogP contribution in [0.5, 0.6) is 0 Å². The normalized spacial score (nSPS) is 14.2. The van der Waals surface area contributed by atoms with Crippen molar-refractivity contribution in [3.63, 3.8) is 0 Å². The molecule has 0 unspecified atom stereocenters. The molecule has 2 aromatic rings. The van der Waals surface area contributed by atoms with Gasteiger partial charge in [0, 0.05) is 44.6 Å². The molecule has 0 spiro atoms. The molecule has 1 aliphatic heterocycles. The van der Waals surface area contributed by atoms with Crippen molar-refractivity contribution in [1.29, 1.82) is 0 Å². The van der Waals surface area contributed by atoms with Gasteiger partial charge in [0.15, 0.2) is 5.69 Å². The number of nitrogens with zero attached hydrogens (tertiary/aromatic N) is 4. The van der Waals surface area contributed by atoms with Crippen LogP contribution in [0.1, 0.15) is 47.8 Å². The minimum absolute atomic E-state index is 0.0948. The Morgan fingerprint density at radius 2 is 1.97 bits per heavy atom. The van der Waals surface area contributed by atoms with Gasteiger partial charge in [-0.2, -0.15) is 18.3 Å². The highest BCUT2D eigenvalue weighted by Crippen LogP contribution is 2.36. The van der Waals surface area contributed by atoms with Crippen molar-refractivity contribution in [1.82, 2.24) is 20.0 Å². The van der Waals surface area contributed by atoms with Crippen LogP contribution in [0.4, 0.5) is 18.9 Å². The molecule has 2 heterocycles. The Kier molecular flexibility index (Phi) is 8.01. The molecule has 1 fully saturated rings. The molecule has 33 heavy (non-hydrogen) atoms. The van der Waals surface area contributed by atoms with Gasteiger partial charge in [0.2, 0.25) is 0 Å². The van der Waals surface area contributed by atoms with Gasteiger partial charge >= 0.3 is 12.1 Å². The van der Waals surface area contributed by atoms with Crippen LogP contribution in [-0.2, 0) is 12.7 Å². The number of benzene rings is 1. The lowest BCUT2D eigenvalue weighted by molar-refractivity contribution is -0.138. The molecule has 1 aromatic heterocycles. The van der Waals surface area contributed by atoms with Crippen molar-refractivity contribution in [3.8, 4) is 0 Å². The van der Waals surface area contributed by atoms with Crippen LogP contribution in [0.15, 0.2) is 37.0 Å². The third kappa shape index (κ3) is 6.50. The number of carboxylic acids is 1. The minimum Gasteiger partial charge on any atom is -0.476 e. The van der Waals surface area contributed by atoms with E-state index in [9.17, 15) is 18.0 Å². The smallest absolute Gasteiger partial charge is 0.416 e. The molecule has 1 aromatic carbocycles. The average molecular weight is 466 g/mol. The van der Waals surface area contributed by atoms with E-state index in [1.165, 1.54) is 23.0 Å². The third-order valence-corrected chi connectivity index (χ3v) is 5.65. The Labute approximate surface area is 191 Å². The Balaban J connectivity index is 1.65. The number of halogens is 3. The van der Waals surface area contributed by atoms with Gasteiger partial charge in [0.1, 0.15) is 5.82 Å². The van der Waals surface area contributed by atoms with Gasteiger partial charge in [0.05, 0.1) is 5.56 Å². The first-order valence-corrected chi connectivity index (χ1v) is 11.1. The highest BCUT2D eigenvalue weighted by molar-refractivity contribution is 5.85. The van der Waals surface area contributed by atoms with Crippen LogP contribution < -0.4 is 10.2 Å². The van der Waals surface area contributed by atoms with Crippen LogP contribution in [-0.4, -0.2) is 58.5 Å². The summed E-state index contributed by atoms with van der Waals surface area (Å²) >= 11 is 0. The van der Waals surface area contributed by atoms with Crippen molar-refractivity contribution in [2.24, 2.45) is 0 Å². The van der Waals surface area contributed by atoms with E-state index in [1.807, 2.05) is 16.7 Å². The van der Waals surface area contributed by atoms with Crippen LogP contribution in [0.2, 0.25) is 0 Å². The molecule has 0 aliphatic carbocycles. The number of nitrogens with one attached hydrogen (secondary N) is 1. The Hall–Kier alpha value is -3.01. The maximum atomic E-state index is 13.8. The predicted octanol–water partition coefficient (Wildman–Crippen LogP) is 4.13. The molecule has 0 atom stereocenters. The van der Waals surface area contributed by atoms with Crippen molar-refractivity contribution in [2.75, 3.05) is 37.6 Å². The first kappa shape index (κ1) is 24.6. The molecule has 0 radical (unpaired) electrons. The first-order chi connectivity index (χ1) is 15.7. The van der Waals surface area contributed by atoms with Crippen molar-refractivity contribution < 1.29 is 23.1 Å². The molecule has 2 N–H and O–H groups in total. The molecular formula is C23H30F3N5O2. The molecule has 0 bridgehead atoms. The van der Waals surface area contributed by atoms with Crippen molar-refractivity contribution >= 4 is 17.5 Å². The fraction of sp³-hybridized carbons (Fsp3) is 0.478. The first-order valence-electron chi connectivity index (χ1n) is 11.1. The van der Waals surface area contributed by atoms with E-state index in [1.54, 1.807) is 12.1 Å². The van der Waals surface area contributed by atoms with E-state index in [0.29, 0.717) is 31.1 Å². The summed E-state index contributed by atoms with van der Waals surface area (Å²) in [7, 11) is 0. The number of carbonyl (C=O) groups is 1. The summed E-state index contributed by atoms with van der Waals surface area (Å²) in [5.74, 6) is -0.739. The molecule has 180 valence electrons. The summed E-state index contributed by atoms with van der Waals surface area (Å²) < 4.78 is 42.9. The van der Waals surface area contributed by atoms with Gasteiger partial charge in [-0.3, -0.25) is 4.90 Å². The molecule has 0 amide bonds. The quantitative estimate of drug-likeness (QED) is 0.520. The summed E-state index contributed by atoms with van der Waals surface area (Å²) in [6.45, 7) is 9.15. The standard InChI is InChI=1S/C23H30F3N5O2/c1-3-10-29(14-9-27-17(2)31-13-8-21(28-31)22(32)33)16-18-6-7-19(30-11-4-5-12-30)15-20(18)23(24,25)26/h6-8,13,15,27H,2-5,9-12,14,16H2,1H3,(H,32,33). The number of aromatic carboxylic acids is 1. The lowest BCUT2D eigenvalue weighted by atomic mass is 10.0. The van der Waals surface area contributed by atoms with Gasteiger partial charge < -0.3 is 15.3 Å². The van der Waals surface area contributed by atoms with E-state index >= 15 is 0 Å². The lowest BCUT2D eigenvalue weighted by Gasteiger charge is -2.26. The number of rotatable bonds is 11. The molecule has 7 nitrogen and oxygen atoms in total. The summed E-state index contributed by atoms with van der Waals surface area (Å²) in [4.78, 5) is 14.9. The highest BCUT2D eigenvalue weighted by Gasteiger charge is 2.34. The molecule has 3 rings (SSSR count). The summed E-state index contributed by atoms with van der Waals surface area (Å²) in [6.07, 6.45) is -0.128. The Bertz CT molecular complexity index is 967. The fourth-order valence-corrected chi connectivity index (χ4v) is 3.99. The summed E-state index contributed by atoms with van der Waals surface area (Å²) in [5.41, 5.74) is 0.213. The molecule has 0 saturated carbocycles. The third-order valence-electron chi connectivity index (χ3n) is 5.65. The van der Waals surface area contributed by atoms with E-state index in [-0.39, 0.29) is 17.8 Å². The predicted molar refractivity (Wildman–Crippen MR) is 121 cm³/mol. The Morgan fingerprint density at radius 3 is 2.58 bits per heavy atom. The van der Waals surface area contributed by atoms with E-state index in [2.05, 4.69) is 17.0 Å². The maximum absolute atomic E-state index is 13.8. The summed E-state index contributed by atoms with van der Waals surface area (Å²) in [5, 5.41) is 15.9. The highest BCUT2D eigenvalue weighted by atomic mass is 19.4. The molecule has 1 saturated heterocycles. The topological polar surface area (TPSA) is 73.6 Å². The van der Waals surface area contributed by atoms with Gasteiger partial charge in [-0.15, -0.1) is 0 Å². The zero-order valence-corrected chi connectivity index (χ0v) is 18.7. The second-order valence-electron chi connectivity index (χ2n) is 8.13. The second-order valence-corrected chi connectivity index (χ2v) is 8.13. The monoisotopic (exact) mass is 465 g/mol. The molecular weight excluding hydrogens is 435 g/mol. The maximum Gasteiger partial charge on any atom is 0.416 e. The number of anilines is 1.